The maximum absolute atomic E-state index is 12.9. The Morgan fingerprint density at radius 2 is 1.97 bits per heavy atom. The zero-order valence-corrected chi connectivity index (χ0v) is 17.2. The molecular formula is C24H22O6. The number of aryl methyl sites for hydroxylation is 1. The van der Waals surface area contributed by atoms with E-state index in [0.717, 1.165) is 5.56 Å². The molecule has 2 aliphatic heterocycles. The lowest BCUT2D eigenvalue weighted by atomic mass is 9.75. The molecule has 0 saturated heterocycles. The second kappa shape index (κ2) is 6.83. The van der Waals surface area contributed by atoms with Crippen molar-refractivity contribution in [3.63, 3.8) is 0 Å². The Labute approximate surface area is 174 Å². The van der Waals surface area contributed by atoms with Crippen LogP contribution in [0.25, 0.3) is 5.76 Å². The summed E-state index contributed by atoms with van der Waals surface area (Å²) >= 11 is 0. The summed E-state index contributed by atoms with van der Waals surface area (Å²) in [5, 5.41) is 10.3. The van der Waals surface area contributed by atoms with Gasteiger partial charge in [0, 0.05) is 17.1 Å². The van der Waals surface area contributed by atoms with Crippen molar-refractivity contribution in [1.29, 1.82) is 0 Å². The summed E-state index contributed by atoms with van der Waals surface area (Å²) in [5.74, 6) is -1.51. The first-order chi connectivity index (χ1) is 14.2. The quantitative estimate of drug-likeness (QED) is 0.606. The molecule has 6 heteroatoms. The van der Waals surface area contributed by atoms with E-state index in [-0.39, 0.29) is 28.6 Å². The average Bonchev–Trinajstić information content (AvgIpc) is 2.98. The van der Waals surface area contributed by atoms with Crippen molar-refractivity contribution >= 4 is 23.3 Å². The van der Waals surface area contributed by atoms with Gasteiger partial charge in [0.1, 0.15) is 17.1 Å². The predicted octanol–water partition coefficient (Wildman–Crippen LogP) is 3.69. The fraction of sp³-hybridized carbons (Fsp3) is 0.292. The molecule has 1 aromatic carbocycles. The molecule has 3 aliphatic rings. The van der Waals surface area contributed by atoms with Crippen LogP contribution < -0.4 is 0 Å². The molecule has 0 aromatic heterocycles. The summed E-state index contributed by atoms with van der Waals surface area (Å²) in [6.45, 7) is 6.94. The second-order valence-electron chi connectivity index (χ2n) is 7.94. The van der Waals surface area contributed by atoms with Gasteiger partial charge in [-0.05, 0) is 49.6 Å². The lowest BCUT2D eigenvalue weighted by Crippen LogP contribution is -2.40. The molecular weight excluding hydrogens is 384 g/mol. The van der Waals surface area contributed by atoms with Gasteiger partial charge in [-0.2, -0.15) is 0 Å². The van der Waals surface area contributed by atoms with Crippen molar-refractivity contribution in [2.45, 2.75) is 39.7 Å². The van der Waals surface area contributed by atoms with Gasteiger partial charge in [-0.15, -0.1) is 0 Å². The van der Waals surface area contributed by atoms with Gasteiger partial charge >= 0.3 is 5.97 Å². The number of esters is 1. The Kier molecular flexibility index (Phi) is 4.53. The molecule has 2 atom stereocenters. The maximum atomic E-state index is 12.9. The lowest BCUT2D eigenvalue weighted by Gasteiger charge is -2.31. The highest BCUT2D eigenvalue weighted by Gasteiger charge is 2.55. The maximum Gasteiger partial charge on any atom is 0.343 e. The third kappa shape index (κ3) is 2.75. The van der Waals surface area contributed by atoms with E-state index < -0.39 is 17.4 Å². The number of Topliss-reactive ketones (excluding diaryl/α,β-unsaturated/α-hetero) is 1. The summed E-state index contributed by atoms with van der Waals surface area (Å²) in [5.41, 5.74) is 0.899. The molecule has 1 N–H and O–H groups in total. The molecule has 154 valence electrons. The largest absolute Gasteiger partial charge is 0.507 e. The zero-order valence-electron chi connectivity index (χ0n) is 17.2. The minimum Gasteiger partial charge on any atom is -0.507 e. The first-order valence-corrected chi connectivity index (χ1v) is 9.85. The third-order valence-electron chi connectivity index (χ3n) is 5.96. The highest BCUT2D eigenvalue weighted by molar-refractivity contribution is 6.24. The van der Waals surface area contributed by atoms with Gasteiger partial charge in [0.15, 0.2) is 11.4 Å². The minimum atomic E-state index is -1.55. The number of fused-ring (bicyclic) bond motifs is 3. The first kappa shape index (κ1) is 19.9. The number of benzene rings is 1. The third-order valence-corrected chi connectivity index (χ3v) is 5.96. The molecule has 0 radical (unpaired) electrons. The van der Waals surface area contributed by atoms with Crippen molar-refractivity contribution in [1.82, 2.24) is 0 Å². The van der Waals surface area contributed by atoms with Crippen LogP contribution in [-0.4, -0.2) is 28.2 Å². The number of ketones is 2. The van der Waals surface area contributed by atoms with Crippen LogP contribution in [0.2, 0.25) is 0 Å². The number of ether oxygens (including phenoxy) is 2. The monoisotopic (exact) mass is 406 g/mol. The van der Waals surface area contributed by atoms with Gasteiger partial charge in [0.2, 0.25) is 5.78 Å². The van der Waals surface area contributed by atoms with Crippen LogP contribution in [0, 0.1) is 12.8 Å². The van der Waals surface area contributed by atoms with Crippen molar-refractivity contribution < 1.29 is 29.0 Å². The van der Waals surface area contributed by atoms with E-state index in [9.17, 15) is 19.5 Å². The van der Waals surface area contributed by atoms with E-state index in [2.05, 4.69) is 0 Å². The van der Waals surface area contributed by atoms with Crippen LogP contribution in [0.15, 0.2) is 58.9 Å². The van der Waals surface area contributed by atoms with E-state index in [1.165, 1.54) is 19.3 Å². The Hall–Kier alpha value is -3.41. The fourth-order valence-electron chi connectivity index (χ4n) is 4.00. The number of carbonyl (C=O) groups excluding carboxylic acids is 3. The van der Waals surface area contributed by atoms with E-state index in [0.29, 0.717) is 28.9 Å². The Morgan fingerprint density at radius 3 is 2.63 bits per heavy atom. The predicted molar refractivity (Wildman–Crippen MR) is 109 cm³/mol. The molecule has 6 nitrogen and oxygen atoms in total. The molecule has 30 heavy (non-hydrogen) atoms. The van der Waals surface area contributed by atoms with Gasteiger partial charge in [0.05, 0.1) is 11.8 Å². The van der Waals surface area contributed by atoms with Crippen LogP contribution in [0.4, 0.5) is 0 Å². The molecule has 0 spiro atoms. The molecule has 0 fully saturated rings. The van der Waals surface area contributed by atoms with Crippen LogP contribution in [0.1, 0.15) is 38.3 Å². The fourth-order valence-corrected chi connectivity index (χ4v) is 4.00. The minimum absolute atomic E-state index is 0.0527. The SMILES string of the molecule is CCC(C)C(=O)C1=C2C3=COC(c4c(C)cccc4O)=CC3=CC(=O)C2(C)OC1=O. The average molecular weight is 406 g/mol. The molecule has 1 aliphatic carbocycles. The Morgan fingerprint density at radius 1 is 1.23 bits per heavy atom. The lowest BCUT2D eigenvalue weighted by molar-refractivity contribution is -0.153. The van der Waals surface area contributed by atoms with Crippen LogP contribution in [-0.2, 0) is 23.9 Å². The molecule has 0 bridgehead atoms. The highest BCUT2D eigenvalue weighted by atomic mass is 16.6. The van der Waals surface area contributed by atoms with E-state index in [1.807, 2.05) is 19.9 Å². The topological polar surface area (TPSA) is 89.9 Å². The standard InChI is InChI=1S/C24H22O6/c1-5-12(2)22(27)20-21-15-11-29-17(19-13(3)7-6-8-16(19)25)9-14(15)10-18(26)24(21,4)30-23(20)28/h6-12,25H,5H2,1-4H3. The van der Waals surface area contributed by atoms with Crippen LogP contribution in [0.3, 0.4) is 0 Å². The summed E-state index contributed by atoms with van der Waals surface area (Å²) in [7, 11) is 0. The van der Waals surface area contributed by atoms with Crippen molar-refractivity contribution in [3.05, 3.63) is 70.0 Å². The molecule has 4 rings (SSSR count). The van der Waals surface area contributed by atoms with Crippen molar-refractivity contribution in [3.8, 4) is 5.75 Å². The molecule has 2 unspecified atom stereocenters. The summed E-state index contributed by atoms with van der Waals surface area (Å²) in [6, 6.07) is 5.12. The number of rotatable bonds is 4. The van der Waals surface area contributed by atoms with Crippen LogP contribution in [0.5, 0.6) is 5.75 Å². The number of hydrogen-bond acceptors (Lipinski definition) is 6. The Bertz CT molecular complexity index is 1110. The van der Waals surface area contributed by atoms with Gasteiger partial charge in [-0.3, -0.25) is 9.59 Å². The van der Waals surface area contributed by atoms with Gasteiger partial charge in [-0.25, -0.2) is 4.79 Å². The van der Waals surface area contributed by atoms with Gasteiger partial charge < -0.3 is 14.6 Å². The van der Waals surface area contributed by atoms with Crippen molar-refractivity contribution in [2.24, 2.45) is 5.92 Å². The van der Waals surface area contributed by atoms with Crippen molar-refractivity contribution in [2.75, 3.05) is 0 Å². The molecule has 2 heterocycles. The zero-order chi connectivity index (χ0) is 21.8. The number of aromatic hydroxyl groups is 1. The van der Waals surface area contributed by atoms with Gasteiger partial charge in [0.25, 0.3) is 0 Å². The summed E-state index contributed by atoms with van der Waals surface area (Å²) in [4.78, 5) is 38.5. The first-order valence-electron chi connectivity index (χ1n) is 9.85. The number of allylic oxidation sites excluding steroid dienone is 2. The van der Waals surface area contributed by atoms with E-state index >= 15 is 0 Å². The second-order valence-corrected chi connectivity index (χ2v) is 7.94. The number of phenolic OH excluding ortho intramolecular Hbond substituents is 1. The highest BCUT2D eigenvalue weighted by Crippen LogP contribution is 2.48. The smallest absolute Gasteiger partial charge is 0.343 e. The number of hydrogen-bond donors (Lipinski definition) is 1. The van der Waals surface area contributed by atoms with E-state index in [1.54, 1.807) is 25.1 Å². The molecule has 1 aromatic rings. The van der Waals surface area contributed by atoms with Crippen LogP contribution >= 0.6 is 0 Å². The van der Waals surface area contributed by atoms with Gasteiger partial charge in [-0.1, -0.05) is 26.0 Å². The van der Waals surface area contributed by atoms with E-state index in [4.69, 9.17) is 9.47 Å². The Balaban J connectivity index is 1.88. The number of carbonyl (C=O) groups is 3. The molecule has 0 amide bonds. The summed E-state index contributed by atoms with van der Waals surface area (Å²) < 4.78 is 11.2. The normalized spacial score (nSPS) is 23.5. The molecule has 0 saturated carbocycles. The number of phenols is 1. The summed E-state index contributed by atoms with van der Waals surface area (Å²) in [6.07, 6.45) is 4.99.